The zero-order valence-electron chi connectivity index (χ0n) is 22.3. The Labute approximate surface area is 229 Å². The number of nitrogens with one attached hydrogen (secondary N) is 1. The Balaban J connectivity index is 1.29. The molecule has 3 aromatic rings. The van der Waals surface area contributed by atoms with Gasteiger partial charge in [0.25, 0.3) is 0 Å². The highest BCUT2D eigenvalue weighted by Crippen LogP contribution is 2.38. The van der Waals surface area contributed by atoms with Crippen LogP contribution in [0.5, 0.6) is 5.88 Å². The molecule has 0 radical (unpaired) electrons. The van der Waals surface area contributed by atoms with E-state index in [0.717, 1.165) is 67.3 Å². The number of fused-ring (bicyclic) bond motifs is 3. The number of aromatic nitrogens is 4. The van der Waals surface area contributed by atoms with Crippen molar-refractivity contribution in [1.82, 2.24) is 25.1 Å². The number of ether oxygens (including phenoxy) is 2. The second-order valence-electron chi connectivity index (χ2n) is 11.3. The summed E-state index contributed by atoms with van der Waals surface area (Å²) in [6, 6.07) is 11.8. The summed E-state index contributed by atoms with van der Waals surface area (Å²) in [7, 11) is 0. The lowest BCUT2D eigenvalue weighted by molar-refractivity contribution is 0.0525. The van der Waals surface area contributed by atoms with Crippen LogP contribution in [-0.2, 0) is 17.6 Å². The number of carbonyl (C=O) groups is 1. The molecule has 1 saturated carbocycles. The SMILES string of the molecule is CC(C)(C)OC(=O)NCC[C@@H]1Cc2cc(Cl)ccc2-n2c(nnc2C2CCC(Oc3ccccn3)CC2)C1. The molecule has 1 N–H and O–H groups in total. The predicted octanol–water partition coefficient (Wildman–Crippen LogP) is 6.05. The van der Waals surface area contributed by atoms with Crippen LogP contribution in [-0.4, -0.2) is 44.1 Å². The van der Waals surface area contributed by atoms with Crippen LogP contribution >= 0.6 is 11.6 Å². The molecule has 3 heterocycles. The minimum absolute atomic E-state index is 0.167. The van der Waals surface area contributed by atoms with Gasteiger partial charge in [0.2, 0.25) is 5.88 Å². The van der Waals surface area contributed by atoms with E-state index in [1.54, 1.807) is 6.20 Å². The van der Waals surface area contributed by atoms with Gasteiger partial charge in [0, 0.05) is 36.2 Å². The average Bonchev–Trinajstić information content (AvgIpc) is 3.20. The molecule has 0 unspecified atom stereocenters. The number of alkyl carbamates (subject to hydrolysis) is 1. The van der Waals surface area contributed by atoms with Crippen molar-refractivity contribution in [3.05, 3.63) is 64.8 Å². The molecular formula is C29H36ClN5O3. The highest BCUT2D eigenvalue weighted by molar-refractivity contribution is 6.30. The third kappa shape index (κ3) is 6.46. The first-order chi connectivity index (χ1) is 18.2. The van der Waals surface area contributed by atoms with Crippen LogP contribution in [0.3, 0.4) is 0 Å². The summed E-state index contributed by atoms with van der Waals surface area (Å²) in [6.45, 7) is 6.13. The van der Waals surface area contributed by atoms with Gasteiger partial charge in [0.1, 0.15) is 23.4 Å². The van der Waals surface area contributed by atoms with E-state index in [-0.39, 0.29) is 12.2 Å². The summed E-state index contributed by atoms with van der Waals surface area (Å²) in [5.41, 5.74) is 1.78. The smallest absolute Gasteiger partial charge is 0.407 e. The Morgan fingerprint density at radius 3 is 2.66 bits per heavy atom. The quantitative estimate of drug-likeness (QED) is 0.411. The fraction of sp³-hybridized carbons (Fsp3) is 0.517. The molecule has 5 rings (SSSR count). The van der Waals surface area contributed by atoms with Crippen LogP contribution in [0.1, 0.15) is 76.0 Å². The van der Waals surface area contributed by atoms with E-state index < -0.39 is 5.60 Å². The van der Waals surface area contributed by atoms with Crippen LogP contribution in [0.2, 0.25) is 5.02 Å². The summed E-state index contributed by atoms with van der Waals surface area (Å²) >= 11 is 6.42. The largest absolute Gasteiger partial charge is 0.474 e. The Morgan fingerprint density at radius 2 is 1.92 bits per heavy atom. The van der Waals surface area contributed by atoms with Crippen molar-refractivity contribution in [2.45, 2.75) is 83.3 Å². The number of hydrogen-bond donors (Lipinski definition) is 1. The molecule has 1 fully saturated rings. The number of amides is 1. The Kier molecular flexibility index (Phi) is 7.88. The van der Waals surface area contributed by atoms with Crippen molar-refractivity contribution in [2.75, 3.05) is 6.54 Å². The van der Waals surface area contributed by atoms with E-state index >= 15 is 0 Å². The van der Waals surface area contributed by atoms with Gasteiger partial charge in [-0.15, -0.1) is 10.2 Å². The molecule has 8 nitrogen and oxygen atoms in total. The molecule has 1 aliphatic carbocycles. The molecule has 2 aromatic heterocycles. The first kappa shape index (κ1) is 26.5. The molecule has 2 aliphatic rings. The molecular weight excluding hydrogens is 502 g/mol. The highest BCUT2D eigenvalue weighted by Gasteiger charge is 2.32. The number of nitrogens with zero attached hydrogens (tertiary/aromatic N) is 4. The van der Waals surface area contributed by atoms with Crippen molar-refractivity contribution in [1.29, 1.82) is 0 Å². The van der Waals surface area contributed by atoms with Gasteiger partial charge in [-0.05, 0) is 95.0 Å². The minimum atomic E-state index is -0.515. The number of benzene rings is 1. The predicted molar refractivity (Wildman–Crippen MR) is 146 cm³/mol. The van der Waals surface area contributed by atoms with Gasteiger partial charge in [0.15, 0.2) is 0 Å². The molecule has 0 saturated heterocycles. The van der Waals surface area contributed by atoms with Crippen molar-refractivity contribution in [2.24, 2.45) is 5.92 Å². The number of pyridine rings is 1. The maximum Gasteiger partial charge on any atom is 0.407 e. The zero-order chi connectivity index (χ0) is 26.7. The molecule has 1 amide bonds. The van der Waals surface area contributed by atoms with Gasteiger partial charge in [0.05, 0.1) is 5.69 Å². The number of rotatable bonds is 6. The molecule has 0 spiro atoms. The van der Waals surface area contributed by atoms with Gasteiger partial charge >= 0.3 is 6.09 Å². The van der Waals surface area contributed by atoms with Crippen LogP contribution < -0.4 is 10.1 Å². The van der Waals surface area contributed by atoms with E-state index in [1.807, 2.05) is 45.0 Å². The minimum Gasteiger partial charge on any atom is -0.474 e. The molecule has 38 heavy (non-hydrogen) atoms. The van der Waals surface area contributed by atoms with E-state index in [2.05, 4.69) is 32.1 Å². The summed E-state index contributed by atoms with van der Waals surface area (Å²) in [5.74, 6) is 3.28. The Morgan fingerprint density at radius 1 is 1.11 bits per heavy atom. The van der Waals surface area contributed by atoms with Gasteiger partial charge in [-0.2, -0.15) is 0 Å². The summed E-state index contributed by atoms with van der Waals surface area (Å²) in [5, 5.41) is 13.0. The van der Waals surface area contributed by atoms with Crippen molar-refractivity contribution < 1.29 is 14.3 Å². The van der Waals surface area contributed by atoms with Crippen LogP contribution in [0.25, 0.3) is 5.69 Å². The molecule has 0 bridgehead atoms. The normalized spacial score (nSPS) is 21.1. The number of halogens is 1. The second-order valence-corrected chi connectivity index (χ2v) is 11.8. The Bertz CT molecular complexity index is 1250. The molecule has 9 heteroatoms. The van der Waals surface area contributed by atoms with Crippen LogP contribution in [0.4, 0.5) is 4.79 Å². The van der Waals surface area contributed by atoms with Gasteiger partial charge in [-0.3, -0.25) is 4.57 Å². The van der Waals surface area contributed by atoms with Crippen LogP contribution in [0.15, 0.2) is 42.6 Å². The standard InChI is InChI=1S/C29H36ClN5O3/c1-29(2,3)38-28(36)32-15-13-19-16-21-18-22(30)9-12-24(21)35-25(17-19)33-34-27(35)20-7-10-23(11-8-20)37-26-6-4-5-14-31-26/h4-6,9,12,14,18-20,23H,7-8,10-11,13,15-17H2,1-3H3,(H,32,36)/t19-,20?,23?/m1/s1. The highest BCUT2D eigenvalue weighted by atomic mass is 35.5. The summed E-state index contributed by atoms with van der Waals surface area (Å²) < 4.78 is 13.8. The zero-order valence-corrected chi connectivity index (χ0v) is 23.1. The monoisotopic (exact) mass is 537 g/mol. The number of carbonyl (C=O) groups excluding carboxylic acids is 1. The average molecular weight is 538 g/mol. The topological polar surface area (TPSA) is 91.2 Å². The van der Waals surface area contributed by atoms with Crippen LogP contribution in [0, 0.1) is 5.92 Å². The summed E-state index contributed by atoms with van der Waals surface area (Å²) in [6.07, 6.45) is 7.88. The first-order valence-corrected chi connectivity index (χ1v) is 13.9. The van der Waals surface area contributed by atoms with E-state index in [9.17, 15) is 4.79 Å². The number of hydrogen-bond acceptors (Lipinski definition) is 6. The first-order valence-electron chi connectivity index (χ1n) is 13.5. The van der Waals surface area contributed by atoms with Gasteiger partial charge < -0.3 is 14.8 Å². The maximum absolute atomic E-state index is 12.1. The van der Waals surface area contributed by atoms with E-state index in [0.29, 0.717) is 24.3 Å². The van der Waals surface area contributed by atoms with Gasteiger partial charge in [-0.25, -0.2) is 9.78 Å². The third-order valence-corrected chi connectivity index (χ3v) is 7.44. The fourth-order valence-electron chi connectivity index (χ4n) is 5.49. The second kappa shape index (κ2) is 11.3. The molecule has 202 valence electrons. The molecule has 1 aromatic carbocycles. The van der Waals surface area contributed by atoms with Crippen molar-refractivity contribution in [3.63, 3.8) is 0 Å². The van der Waals surface area contributed by atoms with Crippen molar-refractivity contribution in [3.8, 4) is 11.6 Å². The molecule has 1 aliphatic heterocycles. The van der Waals surface area contributed by atoms with E-state index in [1.165, 1.54) is 5.56 Å². The lowest BCUT2D eigenvalue weighted by Gasteiger charge is -2.28. The van der Waals surface area contributed by atoms with Crippen molar-refractivity contribution >= 4 is 17.7 Å². The third-order valence-electron chi connectivity index (χ3n) is 7.20. The summed E-state index contributed by atoms with van der Waals surface area (Å²) in [4.78, 5) is 16.4. The maximum atomic E-state index is 12.1. The van der Waals surface area contributed by atoms with E-state index in [4.69, 9.17) is 26.2 Å². The lowest BCUT2D eigenvalue weighted by atomic mass is 9.86. The Hall–Kier alpha value is -3.13. The fourth-order valence-corrected chi connectivity index (χ4v) is 5.68. The molecule has 1 atom stereocenters. The van der Waals surface area contributed by atoms with Gasteiger partial charge in [-0.1, -0.05) is 17.7 Å². The lowest BCUT2D eigenvalue weighted by Crippen LogP contribution is -2.33.